The molecule has 0 aliphatic carbocycles. The van der Waals surface area contributed by atoms with Gasteiger partial charge in [0.1, 0.15) is 9.22 Å². The first kappa shape index (κ1) is 17.0. The van der Waals surface area contributed by atoms with Gasteiger partial charge in [-0.05, 0) is 23.6 Å². The monoisotopic (exact) mass is 381 g/mol. The molecule has 0 bridgehead atoms. The maximum Gasteiger partial charge on any atom is 0.252 e. The molecule has 3 rings (SSSR count). The third-order valence-corrected chi connectivity index (χ3v) is 7.51. The van der Waals surface area contributed by atoms with Crippen molar-refractivity contribution in [2.45, 2.75) is 10.8 Å². The Morgan fingerprint density at radius 3 is 2.75 bits per heavy atom. The minimum absolute atomic E-state index is 0.226. The van der Waals surface area contributed by atoms with Crippen LogP contribution >= 0.6 is 22.7 Å². The van der Waals surface area contributed by atoms with Gasteiger partial charge in [0.2, 0.25) is 5.91 Å². The minimum atomic E-state index is -3.62. The van der Waals surface area contributed by atoms with Crippen molar-refractivity contribution in [1.29, 1.82) is 0 Å². The van der Waals surface area contributed by atoms with Crippen molar-refractivity contribution < 1.29 is 13.2 Å². The van der Waals surface area contributed by atoms with Crippen molar-refractivity contribution in [2.75, 3.05) is 13.6 Å². The minimum Gasteiger partial charge on any atom is -0.348 e. The first-order valence-electron chi connectivity index (χ1n) is 7.08. The molecule has 24 heavy (non-hydrogen) atoms. The Labute approximate surface area is 147 Å². The number of benzene rings is 1. The number of carbonyl (C=O) groups is 1. The van der Waals surface area contributed by atoms with Gasteiger partial charge in [0.05, 0.1) is 23.3 Å². The van der Waals surface area contributed by atoms with E-state index in [-0.39, 0.29) is 23.2 Å². The highest BCUT2D eigenvalue weighted by Gasteiger charge is 2.23. The summed E-state index contributed by atoms with van der Waals surface area (Å²) in [5.74, 6) is -0.364. The molecular weight excluding hydrogens is 366 g/mol. The summed E-state index contributed by atoms with van der Waals surface area (Å²) in [6, 6.07) is 10.9. The van der Waals surface area contributed by atoms with Crippen LogP contribution in [0.15, 0.2) is 46.0 Å². The first-order chi connectivity index (χ1) is 11.5. The fourth-order valence-electron chi connectivity index (χ4n) is 2.08. The normalized spacial score (nSPS) is 11.9. The number of para-hydroxylation sites is 1. The summed E-state index contributed by atoms with van der Waals surface area (Å²) in [6.45, 7) is 0.0518. The number of hydrogen-bond donors (Lipinski definition) is 1. The topological polar surface area (TPSA) is 79.4 Å². The molecule has 0 aliphatic heterocycles. The van der Waals surface area contributed by atoms with E-state index in [0.29, 0.717) is 0 Å². The Balaban J connectivity index is 1.59. The number of amides is 1. The summed E-state index contributed by atoms with van der Waals surface area (Å²) in [6.07, 6.45) is 0. The number of hydrogen-bond acceptors (Lipinski definition) is 6. The predicted molar refractivity (Wildman–Crippen MR) is 95.6 cm³/mol. The molecule has 1 aromatic carbocycles. The molecule has 0 radical (unpaired) electrons. The lowest BCUT2D eigenvalue weighted by Gasteiger charge is -2.15. The summed E-state index contributed by atoms with van der Waals surface area (Å²) in [5, 5.41) is 5.19. The zero-order valence-electron chi connectivity index (χ0n) is 12.8. The molecule has 2 heterocycles. The van der Waals surface area contributed by atoms with Gasteiger partial charge in [0.25, 0.3) is 10.0 Å². The van der Waals surface area contributed by atoms with Crippen molar-refractivity contribution in [3.63, 3.8) is 0 Å². The molecule has 1 N–H and O–H groups in total. The molecule has 0 spiro atoms. The van der Waals surface area contributed by atoms with Crippen LogP contribution in [-0.2, 0) is 21.4 Å². The van der Waals surface area contributed by atoms with Gasteiger partial charge in [-0.2, -0.15) is 4.31 Å². The Hall–Kier alpha value is -1.81. The van der Waals surface area contributed by atoms with Gasteiger partial charge in [-0.15, -0.1) is 22.7 Å². The fourth-order valence-corrected chi connectivity index (χ4v) is 5.31. The van der Waals surface area contributed by atoms with Gasteiger partial charge in [-0.1, -0.05) is 18.2 Å². The largest absolute Gasteiger partial charge is 0.348 e. The Morgan fingerprint density at radius 2 is 2.04 bits per heavy atom. The van der Waals surface area contributed by atoms with Gasteiger partial charge >= 0.3 is 0 Å². The number of likely N-dealkylation sites (N-methyl/N-ethyl adjacent to an activating group) is 1. The molecule has 0 atom stereocenters. The molecule has 0 saturated heterocycles. The number of nitrogens with zero attached hydrogens (tertiary/aromatic N) is 2. The summed E-state index contributed by atoms with van der Waals surface area (Å²) in [5.41, 5.74) is 0.893. The molecule has 0 fully saturated rings. The molecule has 1 amide bonds. The van der Waals surface area contributed by atoms with Crippen molar-refractivity contribution in [2.24, 2.45) is 0 Å². The van der Waals surface area contributed by atoms with Crippen LogP contribution in [-0.4, -0.2) is 37.2 Å². The predicted octanol–water partition coefficient (Wildman–Crippen LogP) is 2.29. The third-order valence-electron chi connectivity index (χ3n) is 3.30. The molecule has 2 aromatic heterocycles. The molecule has 0 saturated carbocycles. The lowest BCUT2D eigenvalue weighted by molar-refractivity contribution is -0.121. The van der Waals surface area contributed by atoms with Crippen LogP contribution in [0, 0.1) is 0 Å². The average Bonchev–Trinajstić information content (AvgIpc) is 3.22. The molecule has 0 unspecified atom stereocenters. The van der Waals surface area contributed by atoms with E-state index in [1.165, 1.54) is 24.5 Å². The number of aromatic nitrogens is 1. The van der Waals surface area contributed by atoms with Crippen LogP contribution < -0.4 is 5.32 Å². The van der Waals surface area contributed by atoms with Gasteiger partial charge in [0, 0.05) is 7.05 Å². The number of sulfonamides is 1. The quantitative estimate of drug-likeness (QED) is 0.710. The van der Waals surface area contributed by atoms with E-state index in [1.54, 1.807) is 11.4 Å². The number of fused-ring (bicyclic) bond motifs is 1. The standard InChI is InChI=1S/C15H15N3O3S3/c1-18(24(20,21)15-7-4-8-22-15)10-13(19)16-9-14-17-11-5-2-3-6-12(11)23-14/h2-8H,9-10H2,1H3,(H,16,19). The van der Waals surface area contributed by atoms with Gasteiger partial charge in [-0.3, -0.25) is 4.79 Å². The molecule has 3 aromatic rings. The summed E-state index contributed by atoms with van der Waals surface area (Å²) < 4.78 is 26.9. The maximum atomic E-state index is 12.3. The van der Waals surface area contributed by atoms with E-state index in [4.69, 9.17) is 0 Å². The van der Waals surface area contributed by atoms with E-state index < -0.39 is 10.0 Å². The van der Waals surface area contributed by atoms with Crippen LogP contribution in [0.25, 0.3) is 10.2 Å². The van der Waals surface area contributed by atoms with Crippen LogP contribution in [0.3, 0.4) is 0 Å². The number of thiophene rings is 1. The lowest BCUT2D eigenvalue weighted by atomic mass is 10.3. The molecule has 6 nitrogen and oxygen atoms in total. The van der Waals surface area contributed by atoms with E-state index in [0.717, 1.165) is 30.9 Å². The highest BCUT2D eigenvalue weighted by molar-refractivity contribution is 7.91. The van der Waals surface area contributed by atoms with Gasteiger partial charge in [0.15, 0.2) is 0 Å². The zero-order valence-corrected chi connectivity index (χ0v) is 15.2. The Kier molecular flexibility index (Phi) is 4.95. The van der Waals surface area contributed by atoms with Crippen molar-refractivity contribution in [3.8, 4) is 0 Å². The number of rotatable bonds is 6. The van der Waals surface area contributed by atoms with E-state index in [1.807, 2.05) is 24.3 Å². The van der Waals surface area contributed by atoms with E-state index >= 15 is 0 Å². The number of carbonyl (C=O) groups excluding carboxylic acids is 1. The van der Waals surface area contributed by atoms with Crippen LogP contribution in [0.1, 0.15) is 5.01 Å². The third kappa shape index (κ3) is 3.64. The summed E-state index contributed by atoms with van der Waals surface area (Å²) >= 11 is 2.63. The smallest absolute Gasteiger partial charge is 0.252 e. The van der Waals surface area contributed by atoms with Gasteiger partial charge < -0.3 is 5.32 Å². The van der Waals surface area contributed by atoms with Gasteiger partial charge in [-0.25, -0.2) is 13.4 Å². The van der Waals surface area contributed by atoms with E-state index in [2.05, 4.69) is 10.3 Å². The fraction of sp³-hybridized carbons (Fsp3) is 0.200. The summed E-state index contributed by atoms with van der Waals surface area (Å²) in [4.78, 5) is 16.4. The van der Waals surface area contributed by atoms with E-state index in [9.17, 15) is 13.2 Å². The van der Waals surface area contributed by atoms with Crippen molar-refractivity contribution in [1.82, 2.24) is 14.6 Å². The highest BCUT2D eigenvalue weighted by atomic mass is 32.2. The zero-order chi connectivity index (χ0) is 17.2. The second kappa shape index (κ2) is 6.98. The lowest BCUT2D eigenvalue weighted by Crippen LogP contribution is -2.37. The average molecular weight is 382 g/mol. The number of nitrogens with one attached hydrogen (secondary N) is 1. The Bertz CT molecular complexity index is 916. The van der Waals surface area contributed by atoms with Crippen LogP contribution in [0.5, 0.6) is 0 Å². The molecular formula is C15H15N3O3S3. The second-order valence-electron chi connectivity index (χ2n) is 5.05. The highest BCUT2D eigenvalue weighted by Crippen LogP contribution is 2.21. The molecule has 126 valence electrons. The van der Waals surface area contributed by atoms with Crippen LogP contribution in [0.2, 0.25) is 0 Å². The second-order valence-corrected chi connectivity index (χ2v) is 9.38. The maximum absolute atomic E-state index is 12.3. The SMILES string of the molecule is CN(CC(=O)NCc1nc2ccccc2s1)S(=O)(=O)c1cccs1. The Morgan fingerprint density at radius 1 is 1.25 bits per heavy atom. The van der Waals surface area contributed by atoms with Crippen molar-refractivity contribution in [3.05, 3.63) is 46.8 Å². The molecule has 9 heteroatoms. The van der Waals surface area contributed by atoms with Crippen LogP contribution in [0.4, 0.5) is 0 Å². The number of thiazole rings is 1. The summed E-state index contributed by atoms with van der Waals surface area (Å²) in [7, 11) is -2.22. The first-order valence-corrected chi connectivity index (χ1v) is 10.2. The molecule has 0 aliphatic rings. The van der Waals surface area contributed by atoms with Crippen molar-refractivity contribution >= 4 is 48.8 Å².